The summed E-state index contributed by atoms with van der Waals surface area (Å²) < 4.78 is 0. The first-order valence-corrected chi connectivity index (χ1v) is 11.6. The van der Waals surface area contributed by atoms with Crippen LogP contribution in [0.5, 0.6) is 5.75 Å². The fraction of sp³-hybridized carbons (Fsp3) is 0.458. The van der Waals surface area contributed by atoms with Crippen LogP contribution in [0.4, 0.5) is 11.4 Å². The molecule has 0 aliphatic heterocycles. The molecule has 1 aromatic carbocycles. The van der Waals surface area contributed by atoms with Crippen LogP contribution in [0.2, 0.25) is 0 Å². The van der Waals surface area contributed by atoms with Gasteiger partial charge in [-0.3, -0.25) is 29.4 Å². The van der Waals surface area contributed by atoms with Gasteiger partial charge in [0.15, 0.2) is 11.4 Å². The predicted molar refractivity (Wildman–Crippen MR) is 129 cm³/mol. The molecule has 1 aromatic rings. The maximum absolute atomic E-state index is 13.7. The van der Waals surface area contributed by atoms with Gasteiger partial charge in [-0.1, -0.05) is 0 Å². The molecule has 3 aliphatic rings. The molecule has 2 unspecified atom stereocenters. The van der Waals surface area contributed by atoms with E-state index in [2.05, 4.69) is 0 Å². The third kappa shape index (κ3) is 3.41. The van der Waals surface area contributed by atoms with Gasteiger partial charge in [0, 0.05) is 36.8 Å². The smallest absolute Gasteiger partial charge is 0.313 e. The number of aromatic hydroxyl groups is 1. The molecule has 0 saturated carbocycles. The van der Waals surface area contributed by atoms with Gasteiger partial charge in [0.1, 0.15) is 17.1 Å². The average Bonchev–Trinajstić information content (AvgIpc) is 2.80. The number of aliphatic hydroxyl groups is 3. The average molecular weight is 517 g/mol. The lowest BCUT2D eigenvalue weighted by atomic mass is 9.58. The number of phenolic OH excluding ortho intramolecular Hbond substituents is 1. The molecule has 37 heavy (non-hydrogen) atoms. The predicted octanol–water partition coefficient (Wildman–Crippen LogP) is 0.485. The Morgan fingerprint density at radius 2 is 1.86 bits per heavy atom. The molecule has 0 saturated heterocycles. The summed E-state index contributed by atoms with van der Waals surface area (Å²) in [5.74, 6) is -8.13. The molecule has 13 heteroatoms. The van der Waals surface area contributed by atoms with Crippen LogP contribution in [-0.4, -0.2) is 87.1 Å². The van der Waals surface area contributed by atoms with Crippen molar-refractivity contribution in [2.75, 3.05) is 32.6 Å². The second-order valence-electron chi connectivity index (χ2n) is 9.85. The number of anilines is 1. The number of amides is 1. The first-order valence-electron chi connectivity index (χ1n) is 11.6. The van der Waals surface area contributed by atoms with Crippen LogP contribution in [0, 0.1) is 22.0 Å². The van der Waals surface area contributed by atoms with Gasteiger partial charge in [-0.15, -0.1) is 0 Å². The molecule has 0 radical (unpaired) electrons. The Morgan fingerprint density at radius 3 is 2.38 bits per heavy atom. The minimum atomic E-state index is -2.77. The van der Waals surface area contributed by atoms with E-state index in [0.29, 0.717) is 17.8 Å². The second-order valence-corrected chi connectivity index (χ2v) is 9.85. The molecule has 3 aliphatic carbocycles. The minimum Gasteiger partial charge on any atom is -0.510 e. The number of nitrogens with zero attached hydrogens (tertiary/aromatic N) is 3. The molecule has 0 fully saturated rings. The number of nitrogens with two attached hydrogens (primary N) is 1. The van der Waals surface area contributed by atoms with E-state index in [0.717, 1.165) is 0 Å². The zero-order valence-electron chi connectivity index (χ0n) is 20.7. The van der Waals surface area contributed by atoms with Gasteiger partial charge in [-0.2, -0.15) is 0 Å². The van der Waals surface area contributed by atoms with Crippen LogP contribution in [0.3, 0.4) is 0 Å². The quantitative estimate of drug-likeness (QED) is 0.207. The van der Waals surface area contributed by atoms with E-state index in [1.54, 1.807) is 33.0 Å². The van der Waals surface area contributed by atoms with Gasteiger partial charge in [-0.25, -0.2) is 0 Å². The van der Waals surface area contributed by atoms with Gasteiger partial charge < -0.3 is 31.1 Å². The Balaban J connectivity index is 2.01. The summed E-state index contributed by atoms with van der Waals surface area (Å²) in [6.45, 7) is 2.23. The van der Waals surface area contributed by atoms with Crippen LogP contribution in [0.25, 0.3) is 0 Å². The van der Waals surface area contributed by atoms with Crippen molar-refractivity contribution in [1.82, 2.24) is 4.90 Å². The van der Waals surface area contributed by atoms with Crippen molar-refractivity contribution in [3.05, 3.63) is 50.0 Å². The number of rotatable bonds is 5. The molecular weight excluding hydrogens is 488 g/mol. The van der Waals surface area contributed by atoms with E-state index in [-0.39, 0.29) is 18.4 Å². The normalized spacial score (nSPS) is 27.1. The number of primary amides is 1. The second kappa shape index (κ2) is 8.56. The lowest BCUT2D eigenvalue weighted by Crippen LogP contribution is -2.63. The van der Waals surface area contributed by atoms with E-state index in [1.807, 2.05) is 0 Å². The number of phenols is 1. The Kier molecular flexibility index (Phi) is 6.04. The van der Waals surface area contributed by atoms with E-state index in [4.69, 9.17) is 5.73 Å². The number of carbonyl (C=O) groups excluding carboxylic acids is 3. The topological polar surface area (TPSA) is 208 Å². The zero-order valence-corrected chi connectivity index (χ0v) is 20.7. The van der Waals surface area contributed by atoms with Crippen LogP contribution >= 0.6 is 0 Å². The summed E-state index contributed by atoms with van der Waals surface area (Å²) in [6, 6.07) is 0.0764. The number of benzene rings is 1. The largest absolute Gasteiger partial charge is 0.510 e. The fourth-order valence-electron chi connectivity index (χ4n) is 5.94. The van der Waals surface area contributed by atoms with Gasteiger partial charge in [0.25, 0.3) is 5.91 Å². The number of hydrogen-bond acceptors (Lipinski definition) is 11. The van der Waals surface area contributed by atoms with Gasteiger partial charge in [0.2, 0.25) is 11.5 Å². The molecule has 0 heterocycles. The van der Waals surface area contributed by atoms with E-state index in [9.17, 15) is 44.9 Å². The highest BCUT2D eigenvalue weighted by Gasteiger charge is 2.63. The number of nitro benzene ring substituents is 1. The van der Waals surface area contributed by atoms with Crippen molar-refractivity contribution in [3.8, 4) is 5.75 Å². The van der Waals surface area contributed by atoms with Crippen LogP contribution in [-0.2, 0) is 16.0 Å². The maximum Gasteiger partial charge on any atom is 0.313 e. The Morgan fingerprint density at radius 1 is 1.24 bits per heavy atom. The number of likely N-dealkylation sites (N-methyl/N-ethyl adjacent to an activating group) is 1. The van der Waals surface area contributed by atoms with Crippen molar-refractivity contribution in [2.24, 2.45) is 17.6 Å². The minimum absolute atomic E-state index is 0.0414. The number of hydrogen-bond donors (Lipinski definition) is 5. The Labute approximate surface area is 211 Å². The zero-order chi connectivity index (χ0) is 27.7. The summed E-state index contributed by atoms with van der Waals surface area (Å²) in [5.41, 5.74) is 0.819. The van der Waals surface area contributed by atoms with Crippen molar-refractivity contribution in [2.45, 2.75) is 31.4 Å². The van der Waals surface area contributed by atoms with Gasteiger partial charge >= 0.3 is 5.69 Å². The summed E-state index contributed by atoms with van der Waals surface area (Å²) in [5, 5.41) is 56.0. The summed E-state index contributed by atoms with van der Waals surface area (Å²) in [4.78, 5) is 53.0. The first-order chi connectivity index (χ1) is 17.2. The van der Waals surface area contributed by atoms with E-state index < -0.39 is 80.0 Å². The molecule has 198 valence electrons. The standard InChI is InChI=1S/C24H28N4O9/c1-5-27(4)12-8-13(28(36)37)18(29)15-10(12)6-9-7-11-17(26(2)3)20(31)16(23(25)34)22(33)24(11,35)21(32)14(9)19(15)30/h8-9,11,17,29,31-32,35H,5-7H2,1-4H3,(H2,25,34)/t9?,11?,17-,24-/m0/s1. The SMILES string of the molecule is CCN(C)c1cc([N+](=O)[O-])c(O)c2c1CC1CC3[C@H](N(C)C)C(O)=C(C(N)=O)C(=O)[C@@]3(O)C(O)=C1C2=O. The van der Waals surface area contributed by atoms with Gasteiger partial charge in [-0.05, 0) is 45.3 Å². The molecule has 0 spiro atoms. The highest BCUT2D eigenvalue weighted by Crippen LogP contribution is 2.54. The molecule has 0 bridgehead atoms. The maximum atomic E-state index is 13.7. The van der Waals surface area contributed by atoms with Crippen molar-refractivity contribution < 1.29 is 39.7 Å². The number of fused-ring (bicyclic) bond motifs is 3. The number of allylic oxidation sites excluding steroid dienone is 1. The fourth-order valence-corrected chi connectivity index (χ4v) is 5.94. The molecule has 0 aromatic heterocycles. The van der Waals surface area contributed by atoms with Gasteiger partial charge in [0.05, 0.1) is 16.5 Å². The third-order valence-corrected chi connectivity index (χ3v) is 7.76. The first kappa shape index (κ1) is 26.1. The van der Waals surface area contributed by atoms with Crippen LogP contribution in [0.15, 0.2) is 28.7 Å². The lowest BCUT2D eigenvalue weighted by molar-refractivity contribution is -0.385. The number of ketones is 2. The van der Waals surface area contributed by atoms with Crippen LogP contribution in [0.1, 0.15) is 29.3 Å². The Bertz CT molecular complexity index is 1330. The molecular formula is C24H28N4O9. The van der Waals surface area contributed by atoms with Crippen LogP contribution < -0.4 is 10.6 Å². The monoisotopic (exact) mass is 516 g/mol. The summed E-state index contributed by atoms with van der Waals surface area (Å²) in [7, 11) is 4.75. The summed E-state index contributed by atoms with van der Waals surface area (Å²) >= 11 is 0. The van der Waals surface area contributed by atoms with E-state index >= 15 is 0 Å². The van der Waals surface area contributed by atoms with Crippen molar-refractivity contribution >= 4 is 28.8 Å². The molecule has 4 rings (SSSR count). The van der Waals surface area contributed by atoms with E-state index in [1.165, 1.54) is 11.0 Å². The number of aliphatic hydroxyl groups excluding tert-OH is 2. The third-order valence-electron chi connectivity index (χ3n) is 7.76. The highest BCUT2D eigenvalue weighted by molar-refractivity contribution is 6.25. The highest BCUT2D eigenvalue weighted by atomic mass is 16.6. The Hall–Kier alpha value is -3.97. The molecule has 13 nitrogen and oxygen atoms in total. The molecule has 6 N–H and O–H groups in total. The van der Waals surface area contributed by atoms with Crippen molar-refractivity contribution in [3.63, 3.8) is 0 Å². The number of nitro groups is 1. The lowest BCUT2D eigenvalue weighted by Gasteiger charge is -2.50. The molecule has 1 amide bonds. The molecule has 4 atom stereocenters. The summed E-state index contributed by atoms with van der Waals surface area (Å²) in [6.07, 6.45) is -0.0292. The number of carbonyl (C=O) groups is 3. The van der Waals surface area contributed by atoms with Crippen molar-refractivity contribution in [1.29, 1.82) is 0 Å². The number of Topliss-reactive ketones (excluding diaryl/α,β-unsaturated/α-hetero) is 2.